The Bertz CT molecular complexity index is 920. The van der Waals surface area contributed by atoms with Crippen LogP contribution in [-0.2, 0) is 0 Å². The summed E-state index contributed by atoms with van der Waals surface area (Å²) in [7, 11) is 0. The van der Waals surface area contributed by atoms with E-state index in [2.05, 4.69) is 31.6 Å². The van der Waals surface area contributed by atoms with Gasteiger partial charge in [-0.05, 0) is 37.3 Å². The quantitative estimate of drug-likeness (QED) is 0.698. The molecule has 0 fully saturated rings. The van der Waals surface area contributed by atoms with Crippen LogP contribution >= 0.6 is 15.9 Å². The molecule has 1 N–H and O–H groups in total. The zero-order valence-electron chi connectivity index (χ0n) is 12.7. The molecular weight excluding hydrogens is 372 g/mol. The van der Waals surface area contributed by atoms with Crippen molar-refractivity contribution in [1.82, 2.24) is 15.0 Å². The molecule has 3 rings (SSSR count). The molecule has 0 unspecified atom stereocenters. The molecule has 24 heavy (non-hydrogen) atoms. The highest BCUT2D eigenvalue weighted by Crippen LogP contribution is 2.17. The first-order chi connectivity index (χ1) is 11.5. The number of benzene rings is 2. The standard InChI is InChI=1S/C17H13BrN4O2/c1-11(23)14-7-2-3-8-15(14)19-17(24)16-10-22(21-20-16)13-6-4-5-12(18)9-13/h2-10H,1H3,(H,19,24). The van der Waals surface area contributed by atoms with Gasteiger partial charge in [0.15, 0.2) is 11.5 Å². The second kappa shape index (κ2) is 6.76. The molecule has 0 aliphatic carbocycles. The predicted octanol–water partition coefficient (Wildman–Crippen LogP) is 3.48. The Morgan fingerprint density at radius 3 is 2.67 bits per heavy atom. The number of hydrogen-bond donors (Lipinski definition) is 1. The van der Waals surface area contributed by atoms with Crippen LogP contribution in [0.25, 0.3) is 5.69 Å². The normalized spacial score (nSPS) is 10.4. The summed E-state index contributed by atoms with van der Waals surface area (Å²) in [5.41, 5.74) is 1.84. The number of anilines is 1. The lowest BCUT2D eigenvalue weighted by atomic mass is 10.1. The predicted molar refractivity (Wildman–Crippen MR) is 93.5 cm³/mol. The van der Waals surface area contributed by atoms with E-state index in [4.69, 9.17) is 0 Å². The highest BCUT2D eigenvalue weighted by Gasteiger charge is 2.14. The number of carbonyl (C=O) groups excluding carboxylic acids is 2. The molecule has 1 amide bonds. The van der Waals surface area contributed by atoms with E-state index >= 15 is 0 Å². The Balaban J connectivity index is 1.83. The van der Waals surface area contributed by atoms with Gasteiger partial charge in [-0.25, -0.2) is 4.68 Å². The Labute approximate surface area is 146 Å². The van der Waals surface area contributed by atoms with E-state index in [1.165, 1.54) is 17.8 Å². The summed E-state index contributed by atoms with van der Waals surface area (Å²) in [6, 6.07) is 14.3. The highest BCUT2D eigenvalue weighted by molar-refractivity contribution is 9.10. The van der Waals surface area contributed by atoms with Crippen LogP contribution in [0.5, 0.6) is 0 Å². The Hall–Kier alpha value is -2.80. The molecule has 0 saturated heterocycles. The van der Waals surface area contributed by atoms with Crippen LogP contribution in [0, 0.1) is 0 Å². The van der Waals surface area contributed by atoms with Crippen LogP contribution < -0.4 is 5.32 Å². The van der Waals surface area contributed by atoms with Crippen LogP contribution in [0.15, 0.2) is 59.2 Å². The molecule has 6 nitrogen and oxygen atoms in total. The topological polar surface area (TPSA) is 76.9 Å². The zero-order chi connectivity index (χ0) is 17.1. The van der Waals surface area contributed by atoms with Gasteiger partial charge in [0, 0.05) is 10.0 Å². The van der Waals surface area contributed by atoms with Crippen molar-refractivity contribution in [3.63, 3.8) is 0 Å². The molecule has 0 bridgehead atoms. The van der Waals surface area contributed by atoms with Crippen molar-refractivity contribution >= 4 is 33.3 Å². The van der Waals surface area contributed by atoms with Gasteiger partial charge in [-0.1, -0.05) is 39.3 Å². The largest absolute Gasteiger partial charge is 0.320 e. The molecule has 0 radical (unpaired) electrons. The third-order valence-corrected chi connectivity index (χ3v) is 3.85. The number of nitrogens with zero attached hydrogens (tertiary/aromatic N) is 3. The number of aromatic nitrogens is 3. The molecule has 1 heterocycles. The van der Waals surface area contributed by atoms with E-state index in [0.717, 1.165) is 10.2 Å². The fourth-order valence-electron chi connectivity index (χ4n) is 2.20. The molecular formula is C17H13BrN4O2. The summed E-state index contributed by atoms with van der Waals surface area (Å²) >= 11 is 3.39. The van der Waals surface area contributed by atoms with E-state index in [1.807, 2.05) is 24.3 Å². The molecule has 2 aromatic carbocycles. The summed E-state index contributed by atoms with van der Waals surface area (Å²) in [5, 5.41) is 10.6. The first-order valence-electron chi connectivity index (χ1n) is 7.14. The number of para-hydroxylation sites is 1. The summed E-state index contributed by atoms with van der Waals surface area (Å²) in [6.45, 7) is 1.45. The Kier molecular flexibility index (Phi) is 4.52. The van der Waals surface area contributed by atoms with Crippen molar-refractivity contribution < 1.29 is 9.59 Å². The number of rotatable bonds is 4. The maximum absolute atomic E-state index is 12.4. The van der Waals surface area contributed by atoms with Crippen molar-refractivity contribution in [3.8, 4) is 5.69 Å². The zero-order valence-corrected chi connectivity index (χ0v) is 14.3. The van der Waals surface area contributed by atoms with E-state index in [0.29, 0.717) is 11.3 Å². The van der Waals surface area contributed by atoms with Crippen LogP contribution in [0.1, 0.15) is 27.8 Å². The number of nitrogens with one attached hydrogen (secondary N) is 1. The van der Waals surface area contributed by atoms with Crippen LogP contribution in [0.2, 0.25) is 0 Å². The van der Waals surface area contributed by atoms with E-state index in [-0.39, 0.29) is 11.5 Å². The summed E-state index contributed by atoms with van der Waals surface area (Å²) in [6.07, 6.45) is 1.54. The van der Waals surface area contributed by atoms with Crippen LogP contribution in [0.3, 0.4) is 0 Å². The van der Waals surface area contributed by atoms with Crippen molar-refractivity contribution in [2.45, 2.75) is 6.92 Å². The van der Waals surface area contributed by atoms with Crippen molar-refractivity contribution in [1.29, 1.82) is 0 Å². The van der Waals surface area contributed by atoms with Crippen LogP contribution in [0.4, 0.5) is 5.69 Å². The number of amides is 1. The van der Waals surface area contributed by atoms with E-state index < -0.39 is 5.91 Å². The second-order valence-electron chi connectivity index (χ2n) is 5.08. The van der Waals surface area contributed by atoms with Gasteiger partial charge in [0.2, 0.25) is 0 Å². The molecule has 120 valence electrons. The van der Waals surface area contributed by atoms with Gasteiger partial charge < -0.3 is 5.32 Å². The number of halogens is 1. The Morgan fingerprint density at radius 2 is 1.92 bits per heavy atom. The SMILES string of the molecule is CC(=O)c1ccccc1NC(=O)c1cn(-c2cccc(Br)c2)nn1. The molecule has 1 aromatic heterocycles. The lowest BCUT2D eigenvalue weighted by Gasteiger charge is -2.07. The highest BCUT2D eigenvalue weighted by atomic mass is 79.9. The summed E-state index contributed by atoms with van der Waals surface area (Å²) in [4.78, 5) is 24.0. The van der Waals surface area contributed by atoms with Crippen molar-refractivity contribution in [2.24, 2.45) is 0 Å². The van der Waals surface area contributed by atoms with Crippen LogP contribution in [-0.4, -0.2) is 26.7 Å². The smallest absolute Gasteiger partial charge is 0.277 e. The second-order valence-corrected chi connectivity index (χ2v) is 6.00. The van der Waals surface area contributed by atoms with Gasteiger partial charge >= 0.3 is 0 Å². The van der Waals surface area contributed by atoms with Gasteiger partial charge in [-0.15, -0.1) is 5.10 Å². The monoisotopic (exact) mass is 384 g/mol. The van der Waals surface area contributed by atoms with E-state index in [1.54, 1.807) is 24.3 Å². The third kappa shape index (κ3) is 3.41. The average molecular weight is 385 g/mol. The minimum atomic E-state index is -0.426. The van der Waals surface area contributed by atoms with Gasteiger partial charge in [0.1, 0.15) is 0 Å². The van der Waals surface area contributed by atoms with Gasteiger partial charge in [0.05, 0.1) is 17.6 Å². The number of ketones is 1. The molecule has 0 atom stereocenters. The molecule has 0 aliphatic rings. The van der Waals surface area contributed by atoms with Crippen molar-refractivity contribution in [3.05, 3.63) is 70.5 Å². The molecule has 0 spiro atoms. The minimum Gasteiger partial charge on any atom is -0.320 e. The first-order valence-corrected chi connectivity index (χ1v) is 7.93. The summed E-state index contributed by atoms with van der Waals surface area (Å²) < 4.78 is 2.41. The minimum absolute atomic E-state index is 0.122. The summed E-state index contributed by atoms with van der Waals surface area (Å²) in [5.74, 6) is -0.548. The fourth-order valence-corrected chi connectivity index (χ4v) is 2.59. The van der Waals surface area contributed by atoms with Gasteiger partial charge in [-0.3, -0.25) is 9.59 Å². The molecule has 0 saturated carbocycles. The van der Waals surface area contributed by atoms with Crippen molar-refractivity contribution in [2.75, 3.05) is 5.32 Å². The molecule has 3 aromatic rings. The number of carbonyl (C=O) groups is 2. The average Bonchev–Trinajstić information content (AvgIpc) is 3.05. The third-order valence-electron chi connectivity index (χ3n) is 3.35. The lowest BCUT2D eigenvalue weighted by Crippen LogP contribution is -2.14. The maximum Gasteiger partial charge on any atom is 0.277 e. The van der Waals surface area contributed by atoms with E-state index in [9.17, 15) is 9.59 Å². The Morgan fingerprint density at radius 1 is 1.12 bits per heavy atom. The maximum atomic E-state index is 12.4. The fraction of sp³-hybridized carbons (Fsp3) is 0.0588. The number of Topliss-reactive ketones (excluding diaryl/α,β-unsaturated/α-hetero) is 1. The van der Waals surface area contributed by atoms with Gasteiger partial charge in [-0.2, -0.15) is 0 Å². The van der Waals surface area contributed by atoms with Gasteiger partial charge in [0.25, 0.3) is 5.91 Å². The first kappa shape index (κ1) is 16.1. The molecule has 0 aliphatic heterocycles. The lowest BCUT2D eigenvalue weighted by molar-refractivity contribution is 0.101. The number of hydrogen-bond acceptors (Lipinski definition) is 4. The molecule has 7 heteroatoms.